The number of carboxylic acid groups (broad SMARTS) is 1. The van der Waals surface area contributed by atoms with Crippen molar-refractivity contribution in [2.24, 2.45) is 5.73 Å². The van der Waals surface area contributed by atoms with Crippen molar-refractivity contribution in [2.45, 2.75) is 12.5 Å². The predicted molar refractivity (Wildman–Crippen MR) is 52.9 cm³/mol. The number of benzene rings is 1. The smallest absolute Gasteiger partial charge is 0.320 e. The number of halogens is 3. The van der Waals surface area contributed by atoms with Crippen LogP contribution < -0.4 is 5.73 Å². The maximum Gasteiger partial charge on any atom is 0.320 e. The Morgan fingerprint density at radius 1 is 1.40 bits per heavy atom. The van der Waals surface area contributed by atoms with Crippen LogP contribution in [0.3, 0.4) is 0 Å². The highest BCUT2D eigenvalue weighted by Gasteiger charge is 2.13. The molecule has 0 heterocycles. The minimum Gasteiger partial charge on any atom is -0.480 e. The molecule has 0 saturated carbocycles. The number of aliphatic carboxylic acids is 1. The van der Waals surface area contributed by atoms with Crippen LogP contribution in [0.15, 0.2) is 18.2 Å². The van der Waals surface area contributed by atoms with E-state index in [0.717, 1.165) is 12.1 Å². The molecule has 0 aliphatic heterocycles. The van der Waals surface area contributed by atoms with E-state index in [9.17, 15) is 13.6 Å². The molecule has 1 aromatic rings. The summed E-state index contributed by atoms with van der Waals surface area (Å²) in [4.78, 5) is 10.4. The molecule has 84 valence electrons. The molecule has 0 bridgehead atoms. The molecule has 1 atom stereocenters. The Bertz CT molecular complexity index is 360. The van der Waals surface area contributed by atoms with Crippen molar-refractivity contribution in [1.82, 2.24) is 0 Å². The highest BCUT2D eigenvalue weighted by atomic mass is 35.5. The lowest BCUT2D eigenvalue weighted by Crippen LogP contribution is -2.32. The molecular weight excluding hydrogens is 228 g/mol. The molecule has 0 unspecified atom stereocenters. The zero-order chi connectivity index (χ0) is 10.7. The van der Waals surface area contributed by atoms with Gasteiger partial charge in [0.15, 0.2) is 11.6 Å². The molecule has 0 saturated heterocycles. The van der Waals surface area contributed by atoms with Crippen molar-refractivity contribution in [3.05, 3.63) is 35.4 Å². The molecule has 0 fully saturated rings. The summed E-state index contributed by atoms with van der Waals surface area (Å²) in [5, 5.41) is 8.47. The Labute approximate surface area is 91.3 Å². The van der Waals surface area contributed by atoms with Gasteiger partial charge in [0.2, 0.25) is 0 Å². The van der Waals surface area contributed by atoms with Crippen LogP contribution >= 0.6 is 12.4 Å². The molecule has 0 aromatic heterocycles. The van der Waals surface area contributed by atoms with E-state index in [1.165, 1.54) is 6.07 Å². The first-order valence-corrected chi connectivity index (χ1v) is 3.93. The second kappa shape index (κ2) is 5.63. The third kappa shape index (κ3) is 3.81. The summed E-state index contributed by atoms with van der Waals surface area (Å²) in [6.07, 6.45) is -0.0213. The first-order valence-electron chi connectivity index (χ1n) is 3.93. The predicted octanol–water partition coefficient (Wildman–Crippen LogP) is 1.34. The largest absolute Gasteiger partial charge is 0.480 e. The number of rotatable bonds is 3. The topological polar surface area (TPSA) is 63.3 Å². The summed E-state index contributed by atoms with van der Waals surface area (Å²) in [6.45, 7) is 0. The normalized spacial score (nSPS) is 11.7. The number of hydrogen-bond donors (Lipinski definition) is 2. The molecule has 0 amide bonds. The van der Waals surface area contributed by atoms with E-state index in [0.29, 0.717) is 5.56 Å². The van der Waals surface area contributed by atoms with Crippen LogP contribution in [-0.4, -0.2) is 17.1 Å². The number of carboxylic acids is 1. The van der Waals surface area contributed by atoms with Crippen molar-refractivity contribution in [2.75, 3.05) is 0 Å². The highest BCUT2D eigenvalue weighted by molar-refractivity contribution is 5.85. The number of hydrogen-bond acceptors (Lipinski definition) is 2. The molecule has 6 heteroatoms. The van der Waals surface area contributed by atoms with Crippen molar-refractivity contribution < 1.29 is 18.7 Å². The van der Waals surface area contributed by atoms with E-state index in [4.69, 9.17) is 10.8 Å². The zero-order valence-corrected chi connectivity index (χ0v) is 8.43. The number of carbonyl (C=O) groups is 1. The van der Waals surface area contributed by atoms with Gasteiger partial charge < -0.3 is 10.8 Å². The quantitative estimate of drug-likeness (QED) is 0.834. The summed E-state index contributed by atoms with van der Waals surface area (Å²) >= 11 is 0. The van der Waals surface area contributed by atoms with Gasteiger partial charge in [0.1, 0.15) is 6.04 Å². The van der Waals surface area contributed by atoms with Crippen LogP contribution in [0.2, 0.25) is 0 Å². The fourth-order valence-corrected chi connectivity index (χ4v) is 1.01. The van der Waals surface area contributed by atoms with Gasteiger partial charge in [-0.15, -0.1) is 12.4 Å². The van der Waals surface area contributed by atoms with Gasteiger partial charge in [0.25, 0.3) is 0 Å². The zero-order valence-electron chi connectivity index (χ0n) is 7.61. The van der Waals surface area contributed by atoms with E-state index in [2.05, 4.69) is 0 Å². The monoisotopic (exact) mass is 237 g/mol. The minimum absolute atomic E-state index is 0. The molecule has 0 spiro atoms. The minimum atomic E-state index is -1.17. The number of nitrogens with two attached hydrogens (primary N) is 1. The molecule has 15 heavy (non-hydrogen) atoms. The SMILES string of the molecule is Cl.N[C@H](Cc1ccc(F)c(F)c1)C(=O)O. The molecular formula is C9H10ClF2NO2. The molecule has 1 rings (SSSR count). The lowest BCUT2D eigenvalue weighted by atomic mass is 10.1. The van der Waals surface area contributed by atoms with Gasteiger partial charge in [-0.1, -0.05) is 6.07 Å². The van der Waals surface area contributed by atoms with E-state index in [1.54, 1.807) is 0 Å². The van der Waals surface area contributed by atoms with Crippen LogP contribution in [0, 0.1) is 11.6 Å². The summed E-state index contributed by atoms with van der Waals surface area (Å²) < 4.78 is 25.1. The van der Waals surface area contributed by atoms with E-state index < -0.39 is 23.6 Å². The summed E-state index contributed by atoms with van der Waals surface area (Å²) in [6, 6.07) is 2.10. The van der Waals surface area contributed by atoms with Gasteiger partial charge in [-0.3, -0.25) is 4.79 Å². The standard InChI is InChI=1S/C9H9F2NO2.ClH/c10-6-2-1-5(3-7(6)11)4-8(12)9(13)14;/h1-3,8H,4,12H2,(H,13,14);1H/t8-;/m1./s1. The highest BCUT2D eigenvalue weighted by Crippen LogP contribution is 2.10. The first-order chi connectivity index (χ1) is 6.50. The molecule has 3 nitrogen and oxygen atoms in total. The van der Waals surface area contributed by atoms with Crippen LogP contribution in [0.25, 0.3) is 0 Å². The second-order valence-corrected chi connectivity index (χ2v) is 2.90. The molecule has 0 aliphatic carbocycles. The third-order valence-electron chi connectivity index (χ3n) is 1.76. The van der Waals surface area contributed by atoms with Crippen LogP contribution in [0.4, 0.5) is 8.78 Å². The van der Waals surface area contributed by atoms with E-state index in [-0.39, 0.29) is 18.8 Å². The maximum atomic E-state index is 12.7. The van der Waals surface area contributed by atoms with Crippen molar-refractivity contribution in [3.8, 4) is 0 Å². The average molecular weight is 238 g/mol. The van der Waals surface area contributed by atoms with E-state index >= 15 is 0 Å². The average Bonchev–Trinajstić information content (AvgIpc) is 2.11. The summed E-state index contributed by atoms with van der Waals surface area (Å²) in [5.41, 5.74) is 5.58. The van der Waals surface area contributed by atoms with Gasteiger partial charge in [0.05, 0.1) is 0 Å². The van der Waals surface area contributed by atoms with Crippen LogP contribution in [0.1, 0.15) is 5.56 Å². The van der Waals surface area contributed by atoms with Crippen molar-refractivity contribution >= 4 is 18.4 Å². The van der Waals surface area contributed by atoms with Gasteiger partial charge in [-0.25, -0.2) is 8.78 Å². The fourth-order valence-electron chi connectivity index (χ4n) is 1.01. The van der Waals surface area contributed by atoms with Gasteiger partial charge in [0, 0.05) is 0 Å². The van der Waals surface area contributed by atoms with Gasteiger partial charge in [-0.2, -0.15) is 0 Å². The molecule has 3 N–H and O–H groups in total. The Morgan fingerprint density at radius 2 is 2.00 bits per heavy atom. The summed E-state index contributed by atoms with van der Waals surface area (Å²) in [7, 11) is 0. The lowest BCUT2D eigenvalue weighted by Gasteiger charge is -2.06. The second-order valence-electron chi connectivity index (χ2n) is 2.90. The molecule has 1 aromatic carbocycles. The van der Waals surface area contributed by atoms with Gasteiger partial charge >= 0.3 is 5.97 Å². The van der Waals surface area contributed by atoms with Crippen LogP contribution in [0.5, 0.6) is 0 Å². The first kappa shape index (κ1) is 13.8. The van der Waals surface area contributed by atoms with E-state index in [1.807, 2.05) is 0 Å². The Balaban J connectivity index is 0.00000196. The molecule has 0 radical (unpaired) electrons. The van der Waals surface area contributed by atoms with Crippen molar-refractivity contribution in [3.63, 3.8) is 0 Å². The Kier molecular flexibility index (Phi) is 5.18. The van der Waals surface area contributed by atoms with Gasteiger partial charge in [-0.05, 0) is 24.1 Å². The Morgan fingerprint density at radius 3 is 2.47 bits per heavy atom. The summed E-state index contributed by atoms with van der Waals surface area (Å²) in [5.74, 6) is -3.13. The lowest BCUT2D eigenvalue weighted by molar-refractivity contribution is -0.138. The third-order valence-corrected chi connectivity index (χ3v) is 1.76. The fraction of sp³-hybridized carbons (Fsp3) is 0.222. The van der Waals surface area contributed by atoms with Crippen molar-refractivity contribution in [1.29, 1.82) is 0 Å². The molecule has 0 aliphatic rings. The Hall–Kier alpha value is -1.20. The maximum absolute atomic E-state index is 12.7. The van der Waals surface area contributed by atoms with Crippen LogP contribution in [-0.2, 0) is 11.2 Å².